The van der Waals surface area contributed by atoms with Crippen LogP contribution < -0.4 is 5.32 Å². The average molecular weight is 337 g/mol. The van der Waals surface area contributed by atoms with Crippen molar-refractivity contribution >= 4 is 17.4 Å². The second kappa shape index (κ2) is 9.28. The van der Waals surface area contributed by atoms with E-state index in [1.807, 2.05) is 0 Å². The largest absolute Gasteiger partial charge is 0.418 e. The molecule has 126 valence electrons. The number of thioether (sulfide) groups is 1. The van der Waals surface area contributed by atoms with Gasteiger partial charge in [0.2, 0.25) is 0 Å². The number of benzene rings is 1. The van der Waals surface area contributed by atoms with Crippen LogP contribution in [0.1, 0.15) is 51.5 Å². The summed E-state index contributed by atoms with van der Waals surface area (Å²) < 4.78 is 51.6. The van der Waals surface area contributed by atoms with Crippen molar-refractivity contribution in [3.05, 3.63) is 29.6 Å². The average Bonchev–Trinajstić information content (AvgIpc) is 2.46. The van der Waals surface area contributed by atoms with Crippen molar-refractivity contribution in [1.82, 2.24) is 0 Å². The summed E-state index contributed by atoms with van der Waals surface area (Å²) in [5.41, 5.74) is -1.02. The summed E-state index contributed by atoms with van der Waals surface area (Å²) >= 11 is 1.62. The van der Waals surface area contributed by atoms with Crippen molar-refractivity contribution in [2.45, 2.75) is 57.4 Å². The molecular weight excluding hydrogens is 314 g/mol. The first-order valence-electron chi connectivity index (χ1n) is 7.60. The predicted molar refractivity (Wildman–Crippen MR) is 85.7 cm³/mol. The van der Waals surface area contributed by atoms with E-state index in [1.54, 1.807) is 11.8 Å². The summed E-state index contributed by atoms with van der Waals surface area (Å²) in [4.78, 5) is 0. The number of nitrogens with one attached hydrogen (secondary N) is 1. The highest BCUT2D eigenvalue weighted by Crippen LogP contribution is 2.35. The lowest BCUT2D eigenvalue weighted by atomic mass is 10.1. The van der Waals surface area contributed by atoms with E-state index in [0.29, 0.717) is 17.2 Å². The Balaban J connectivity index is 2.57. The molecule has 0 fully saturated rings. The minimum atomic E-state index is -4.56. The van der Waals surface area contributed by atoms with Gasteiger partial charge in [-0.3, -0.25) is 0 Å². The van der Waals surface area contributed by atoms with Gasteiger partial charge in [0.15, 0.2) is 0 Å². The van der Waals surface area contributed by atoms with Crippen LogP contribution >= 0.6 is 11.8 Å². The Morgan fingerprint density at radius 1 is 1.18 bits per heavy atom. The minimum Gasteiger partial charge on any atom is -0.376 e. The highest BCUT2D eigenvalue weighted by Gasteiger charge is 2.33. The van der Waals surface area contributed by atoms with Gasteiger partial charge in [-0.15, -0.1) is 11.8 Å². The molecule has 0 amide bonds. The molecule has 0 aromatic heterocycles. The van der Waals surface area contributed by atoms with Crippen LogP contribution in [0.4, 0.5) is 23.2 Å². The molecule has 0 saturated heterocycles. The summed E-state index contributed by atoms with van der Waals surface area (Å²) in [6, 6.07) is 2.73. The number of unbranched alkanes of at least 4 members (excludes halogenated alkanes) is 2. The van der Waals surface area contributed by atoms with Crippen molar-refractivity contribution < 1.29 is 17.6 Å². The molecular formula is C16H23F4NS. The summed E-state index contributed by atoms with van der Waals surface area (Å²) in [7, 11) is 0. The topological polar surface area (TPSA) is 12.0 Å². The van der Waals surface area contributed by atoms with Crippen molar-refractivity contribution in [3.63, 3.8) is 0 Å². The maximum atomic E-state index is 13.0. The molecule has 1 aromatic carbocycles. The lowest BCUT2D eigenvalue weighted by molar-refractivity contribution is -0.137. The number of halogens is 4. The second-order valence-corrected chi connectivity index (χ2v) is 6.49. The molecule has 0 radical (unpaired) electrons. The van der Waals surface area contributed by atoms with Crippen LogP contribution in [0.15, 0.2) is 18.2 Å². The monoisotopic (exact) mass is 337 g/mol. The van der Waals surface area contributed by atoms with E-state index in [0.717, 1.165) is 37.8 Å². The Hall–Kier alpha value is -0.910. The van der Waals surface area contributed by atoms with Gasteiger partial charge in [-0.25, -0.2) is 4.39 Å². The third-order valence-corrected chi connectivity index (χ3v) is 4.81. The summed E-state index contributed by atoms with van der Waals surface area (Å²) in [6.07, 6.45) is 0.995. The Kier molecular flexibility index (Phi) is 8.07. The van der Waals surface area contributed by atoms with Gasteiger partial charge in [0.1, 0.15) is 5.82 Å². The van der Waals surface area contributed by atoms with E-state index in [9.17, 15) is 17.6 Å². The van der Waals surface area contributed by atoms with Crippen LogP contribution in [0.3, 0.4) is 0 Å². The van der Waals surface area contributed by atoms with Gasteiger partial charge < -0.3 is 5.32 Å². The number of hydrogen-bond donors (Lipinski definition) is 1. The Morgan fingerprint density at radius 3 is 2.50 bits per heavy atom. The third kappa shape index (κ3) is 6.46. The van der Waals surface area contributed by atoms with Crippen LogP contribution in [0.25, 0.3) is 0 Å². The van der Waals surface area contributed by atoms with Crippen LogP contribution in [0, 0.1) is 5.82 Å². The van der Waals surface area contributed by atoms with Crippen molar-refractivity contribution in [2.75, 3.05) is 11.2 Å². The molecule has 0 spiro atoms. The lowest BCUT2D eigenvalue weighted by Crippen LogP contribution is -2.12. The summed E-state index contributed by atoms with van der Waals surface area (Å²) in [6.45, 7) is 4.23. The van der Waals surface area contributed by atoms with Gasteiger partial charge in [0.25, 0.3) is 0 Å². The number of anilines is 1. The van der Waals surface area contributed by atoms with Gasteiger partial charge in [-0.1, -0.05) is 33.1 Å². The standard InChI is InChI=1S/C16H23F4NS/c1-3-5-6-7-13(4-2)22-11-21-15-9-8-12(17)10-14(15)16(18,19)20/h8-10,13,21H,3-7,11H2,1-2H3/t13-/m1/s1. The highest BCUT2D eigenvalue weighted by molar-refractivity contribution is 7.99. The molecule has 0 bridgehead atoms. The SMILES string of the molecule is CCCCC[C@@H](CC)SCNc1ccc(F)cc1C(F)(F)F. The fourth-order valence-electron chi connectivity index (χ4n) is 2.17. The molecule has 1 N–H and O–H groups in total. The Bertz CT molecular complexity index is 448. The number of rotatable bonds is 9. The first kappa shape index (κ1) is 19.1. The van der Waals surface area contributed by atoms with Crippen LogP contribution in [0.5, 0.6) is 0 Å². The zero-order chi connectivity index (χ0) is 16.6. The van der Waals surface area contributed by atoms with Crippen molar-refractivity contribution in [2.24, 2.45) is 0 Å². The van der Waals surface area contributed by atoms with E-state index in [4.69, 9.17) is 0 Å². The number of alkyl halides is 3. The molecule has 6 heteroatoms. The molecule has 0 aliphatic rings. The summed E-state index contributed by atoms with van der Waals surface area (Å²) in [5, 5.41) is 3.22. The maximum Gasteiger partial charge on any atom is 0.418 e. The minimum absolute atomic E-state index is 0.0650. The quantitative estimate of drug-likeness (QED) is 0.322. The van der Waals surface area contributed by atoms with Gasteiger partial charge in [0.05, 0.1) is 11.4 Å². The Morgan fingerprint density at radius 2 is 1.91 bits per heavy atom. The van der Waals surface area contributed by atoms with Gasteiger partial charge >= 0.3 is 6.18 Å². The predicted octanol–water partition coefficient (Wildman–Crippen LogP) is 6.31. The van der Waals surface area contributed by atoms with E-state index in [-0.39, 0.29) is 5.69 Å². The van der Waals surface area contributed by atoms with Gasteiger partial charge in [0, 0.05) is 10.9 Å². The molecule has 1 nitrogen and oxygen atoms in total. The molecule has 1 rings (SSSR count). The van der Waals surface area contributed by atoms with E-state index in [2.05, 4.69) is 19.2 Å². The normalized spacial score (nSPS) is 13.2. The maximum absolute atomic E-state index is 13.0. The van der Waals surface area contributed by atoms with Crippen molar-refractivity contribution in [1.29, 1.82) is 0 Å². The smallest absolute Gasteiger partial charge is 0.376 e. The first-order chi connectivity index (χ1) is 10.4. The van der Waals surface area contributed by atoms with Crippen LogP contribution in [0.2, 0.25) is 0 Å². The second-order valence-electron chi connectivity index (χ2n) is 5.20. The lowest BCUT2D eigenvalue weighted by Gasteiger charge is -2.17. The summed E-state index contributed by atoms with van der Waals surface area (Å²) in [5.74, 6) is -0.490. The highest BCUT2D eigenvalue weighted by atomic mass is 32.2. The molecule has 22 heavy (non-hydrogen) atoms. The van der Waals surface area contributed by atoms with Gasteiger partial charge in [-0.05, 0) is 31.0 Å². The Labute approximate surface area is 133 Å². The molecule has 0 unspecified atom stereocenters. The van der Waals surface area contributed by atoms with E-state index in [1.165, 1.54) is 6.42 Å². The van der Waals surface area contributed by atoms with E-state index >= 15 is 0 Å². The van der Waals surface area contributed by atoms with Crippen LogP contribution in [-0.4, -0.2) is 11.1 Å². The molecule has 0 heterocycles. The van der Waals surface area contributed by atoms with Gasteiger partial charge in [-0.2, -0.15) is 13.2 Å². The molecule has 0 aliphatic carbocycles. The molecule has 0 aliphatic heterocycles. The zero-order valence-corrected chi connectivity index (χ0v) is 13.8. The third-order valence-electron chi connectivity index (χ3n) is 3.45. The fourth-order valence-corrected chi connectivity index (χ4v) is 3.21. The molecule has 0 saturated carbocycles. The fraction of sp³-hybridized carbons (Fsp3) is 0.625. The van der Waals surface area contributed by atoms with Crippen LogP contribution in [-0.2, 0) is 6.18 Å². The zero-order valence-electron chi connectivity index (χ0n) is 13.0. The first-order valence-corrected chi connectivity index (χ1v) is 8.65. The molecule has 1 aromatic rings. The molecule has 1 atom stereocenters. The van der Waals surface area contributed by atoms with Crippen molar-refractivity contribution in [3.8, 4) is 0 Å². The van der Waals surface area contributed by atoms with E-state index < -0.39 is 17.6 Å². The number of hydrogen-bond acceptors (Lipinski definition) is 2.